The number of nitrogen functional groups attached to an aromatic ring is 1. The van der Waals surface area contributed by atoms with Crippen molar-refractivity contribution < 1.29 is 18.0 Å². The molecule has 1 aromatic carbocycles. The van der Waals surface area contributed by atoms with Crippen LogP contribution >= 0.6 is 0 Å². The molecule has 0 saturated heterocycles. The van der Waals surface area contributed by atoms with Gasteiger partial charge in [-0.25, -0.2) is 18.1 Å². The third-order valence-corrected chi connectivity index (χ3v) is 7.55. The van der Waals surface area contributed by atoms with Crippen LogP contribution in [0.15, 0.2) is 52.2 Å². The average molecular weight is 470 g/mol. The maximum atomic E-state index is 13.1. The fraction of sp³-hybridized carbons (Fsp3) is 0.348. The molecule has 3 aromatic rings. The van der Waals surface area contributed by atoms with E-state index >= 15 is 0 Å². The molecule has 2 aromatic heterocycles. The molecule has 174 valence electrons. The third-order valence-electron chi connectivity index (χ3n) is 6.03. The van der Waals surface area contributed by atoms with Gasteiger partial charge in [-0.05, 0) is 68.9 Å². The monoisotopic (exact) mass is 469 g/mol. The summed E-state index contributed by atoms with van der Waals surface area (Å²) in [5.74, 6) is 1.18. The largest absolute Gasteiger partial charge is 0.513 e. The molecule has 0 unspecified atom stereocenters. The minimum Gasteiger partial charge on any atom is -0.513 e. The van der Waals surface area contributed by atoms with E-state index in [-0.39, 0.29) is 34.3 Å². The number of anilines is 1. The first-order valence-corrected chi connectivity index (χ1v) is 12.2. The Morgan fingerprint density at radius 1 is 1.18 bits per heavy atom. The summed E-state index contributed by atoms with van der Waals surface area (Å²) in [6.07, 6.45) is 4.30. The second-order valence-electron chi connectivity index (χ2n) is 8.44. The Morgan fingerprint density at radius 2 is 1.91 bits per heavy atom. The minimum atomic E-state index is -3.73. The average Bonchev–Trinajstić information content (AvgIpc) is 3.20. The first-order valence-electron chi connectivity index (χ1n) is 10.7. The molecule has 0 radical (unpaired) electrons. The molecule has 10 heteroatoms. The van der Waals surface area contributed by atoms with Gasteiger partial charge < -0.3 is 15.4 Å². The van der Waals surface area contributed by atoms with Crippen LogP contribution in [0.3, 0.4) is 0 Å². The number of aliphatic hydroxyl groups is 1. The van der Waals surface area contributed by atoms with Crippen molar-refractivity contribution in [3.05, 3.63) is 54.2 Å². The lowest BCUT2D eigenvalue weighted by Gasteiger charge is -2.28. The summed E-state index contributed by atoms with van der Waals surface area (Å²) in [5, 5.41) is 13.4. The molecular formula is C23H27N5O4S. The van der Waals surface area contributed by atoms with Crippen LogP contribution in [0, 0.1) is 19.8 Å². The summed E-state index contributed by atoms with van der Waals surface area (Å²) in [6, 6.07) is 6.58. The van der Waals surface area contributed by atoms with Gasteiger partial charge in [-0.3, -0.25) is 0 Å². The van der Waals surface area contributed by atoms with Gasteiger partial charge in [0.25, 0.3) is 5.89 Å². The highest BCUT2D eigenvalue weighted by molar-refractivity contribution is 7.89. The molecule has 1 saturated carbocycles. The zero-order valence-electron chi connectivity index (χ0n) is 18.6. The summed E-state index contributed by atoms with van der Waals surface area (Å²) < 4.78 is 34.3. The second kappa shape index (κ2) is 8.95. The van der Waals surface area contributed by atoms with Crippen molar-refractivity contribution in [2.24, 2.45) is 5.92 Å². The van der Waals surface area contributed by atoms with Crippen molar-refractivity contribution >= 4 is 15.8 Å². The predicted octanol–water partition coefficient (Wildman–Crippen LogP) is 3.91. The number of pyridine rings is 1. The fourth-order valence-electron chi connectivity index (χ4n) is 4.11. The zero-order valence-corrected chi connectivity index (χ0v) is 19.4. The number of rotatable bonds is 6. The SMILES string of the molecule is C=C(O)C1CCC(NS(=O)(=O)c2ccc(C)c(-c3cnc(N)c(-c4nc(C)no4)c3)c2)CC1. The van der Waals surface area contributed by atoms with Crippen molar-refractivity contribution in [2.75, 3.05) is 5.73 Å². The first kappa shape index (κ1) is 22.9. The van der Waals surface area contributed by atoms with Crippen LogP contribution in [0.4, 0.5) is 5.82 Å². The number of benzene rings is 1. The predicted molar refractivity (Wildman–Crippen MR) is 125 cm³/mol. The molecule has 1 fully saturated rings. The van der Waals surface area contributed by atoms with Crippen LogP contribution in [0.25, 0.3) is 22.6 Å². The molecule has 1 aliphatic rings. The van der Waals surface area contributed by atoms with E-state index in [1.807, 2.05) is 6.92 Å². The minimum absolute atomic E-state index is 0.0339. The number of allylic oxidation sites excluding steroid dienone is 1. The Labute approximate surface area is 192 Å². The van der Waals surface area contributed by atoms with Crippen molar-refractivity contribution in [1.29, 1.82) is 0 Å². The van der Waals surface area contributed by atoms with Gasteiger partial charge in [0.15, 0.2) is 5.82 Å². The van der Waals surface area contributed by atoms with Crippen LogP contribution in [0.5, 0.6) is 0 Å². The summed E-state index contributed by atoms with van der Waals surface area (Å²) in [6.45, 7) is 7.20. The lowest BCUT2D eigenvalue weighted by molar-refractivity contribution is 0.259. The lowest BCUT2D eigenvalue weighted by Crippen LogP contribution is -2.37. The highest BCUT2D eigenvalue weighted by Crippen LogP contribution is 2.32. The molecule has 4 N–H and O–H groups in total. The Morgan fingerprint density at radius 3 is 2.55 bits per heavy atom. The highest BCUT2D eigenvalue weighted by Gasteiger charge is 2.27. The van der Waals surface area contributed by atoms with Gasteiger partial charge in [-0.1, -0.05) is 17.8 Å². The topological polar surface area (TPSA) is 144 Å². The Hall–Kier alpha value is -3.24. The van der Waals surface area contributed by atoms with Crippen molar-refractivity contribution in [2.45, 2.75) is 50.5 Å². The molecule has 1 aliphatic carbocycles. The van der Waals surface area contributed by atoms with Gasteiger partial charge in [0, 0.05) is 23.7 Å². The second-order valence-corrected chi connectivity index (χ2v) is 10.2. The van der Waals surface area contributed by atoms with Gasteiger partial charge in [-0.2, -0.15) is 4.98 Å². The van der Waals surface area contributed by atoms with Crippen LogP contribution in [0.2, 0.25) is 0 Å². The number of hydrogen-bond donors (Lipinski definition) is 3. The van der Waals surface area contributed by atoms with E-state index in [1.165, 1.54) is 0 Å². The van der Waals surface area contributed by atoms with Crippen molar-refractivity contribution in [3.8, 4) is 22.6 Å². The molecule has 0 aliphatic heterocycles. The number of nitrogens with two attached hydrogens (primary N) is 1. The molecule has 0 spiro atoms. The number of hydrogen-bond acceptors (Lipinski definition) is 8. The molecule has 0 atom stereocenters. The summed E-state index contributed by atoms with van der Waals surface area (Å²) >= 11 is 0. The Balaban J connectivity index is 1.61. The summed E-state index contributed by atoms with van der Waals surface area (Å²) in [4.78, 5) is 8.63. The molecular weight excluding hydrogens is 442 g/mol. The highest BCUT2D eigenvalue weighted by atomic mass is 32.2. The van der Waals surface area contributed by atoms with Gasteiger partial charge in [-0.15, -0.1) is 0 Å². The van der Waals surface area contributed by atoms with Crippen LogP contribution in [0.1, 0.15) is 37.1 Å². The fourth-order valence-corrected chi connectivity index (χ4v) is 5.44. The molecule has 2 heterocycles. The smallest absolute Gasteiger partial charge is 0.261 e. The van der Waals surface area contributed by atoms with E-state index in [0.29, 0.717) is 48.2 Å². The number of aryl methyl sites for hydroxylation is 2. The number of aliphatic hydroxyl groups excluding tert-OH is 1. The van der Waals surface area contributed by atoms with E-state index in [2.05, 4.69) is 26.4 Å². The van der Waals surface area contributed by atoms with E-state index in [9.17, 15) is 13.5 Å². The number of sulfonamides is 1. The quantitative estimate of drug-likeness (QED) is 0.461. The summed E-state index contributed by atoms with van der Waals surface area (Å²) in [5.41, 5.74) is 8.78. The summed E-state index contributed by atoms with van der Waals surface area (Å²) in [7, 11) is -3.73. The number of nitrogens with one attached hydrogen (secondary N) is 1. The van der Waals surface area contributed by atoms with E-state index in [0.717, 1.165) is 5.56 Å². The normalized spacial score (nSPS) is 18.8. The molecule has 0 amide bonds. The third kappa shape index (κ3) is 4.91. The van der Waals surface area contributed by atoms with Crippen LogP contribution in [-0.4, -0.2) is 34.7 Å². The lowest BCUT2D eigenvalue weighted by atomic mass is 9.86. The van der Waals surface area contributed by atoms with Crippen molar-refractivity contribution in [3.63, 3.8) is 0 Å². The van der Waals surface area contributed by atoms with E-state index < -0.39 is 10.0 Å². The molecule has 33 heavy (non-hydrogen) atoms. The van der Waals surface area contributed by atoms with E-state index in [4.69, 9.17) is 10.3 Å². The standard InChI is InChI=1S/C23H27N5O4S/c1-13-4-9-19(33(30,31)28-18-7-5-16(6-8-18)14(2)29)11-20(13)17-10-21(22(24)25-12-17)23-26-15(3)27-32-23/h4,9-12,16,18,28-29H,2,5-8H2,1,3H3,(H2,24,25). The van der Waals surface area contributed by atoms with Gasteiger partial charge in [0.05, 0.1) is 16.2 Å². The number of aromatic nitrogens is 3. The maximum absolute atomic E-state index is 13.1. The van der Waals surface area contributed by atoms with Crippen LogP contribution in [-0.2, 0) is 10.0 Å². The number of nitrogens with zero attached hydrogens (tertiary/aromatic N) is 3. The maximum Gasteiger partial charge on any atom is 0.261 e. The Bertz CT molecular complexity index is 1290. The van der Waals surface area contributed by atoms with Gasteiger partial charge in [0.2, 0.25) is 10.0 Å². The molecule has 0 bridgehead atoms. The zero-order chi connectivity index (χ0) is 23.8. The van der Waals surface area contributed by atoms with E-state index in [1.54, 1.807) is 37.4 Å². The van der Waals surface area contributed by atoms with Gasteiger partial charge >= 0.3 is 0 Å². The molecule has 4 rings (SSSR count). The Kier molecular flexibility index (Phi) is 6.22. The van der Waals surface area contributed by atoms with Crippen LogP contribution < -0.4 is 10.5 Å². The first-order chi connectivity index (χ1) is 15.6. The molecule has 9 nitrogen and oxygen atoms in total. The van der Waals surface area contributed by atoms with Gasteiger partial charge in [0.1, 0.15) is 5.82 Å². The van der Waals surface area contributed by atoms with Crippen molar-refractivity contribution in [1.82, 2.24) is 19.8 Å².